The molecule has 1 N–H and O–H groups in total. The number of hydrogen-bond donors (Lipinski definition) is 1. The zero-order valence-electron chi connectivity index (χ0n) is 16.6. The third-order valence-corrected chi connectivity index (χ3v) is 4.54. The maximum Gasteiger partial charge on any atom is 0.255 e. The number of hydrogen-bond acceptors (Lipinski definition) is 5. The highest BCUT2D eigenvalue weighted by Gasteiger charge is 2.18. The Balaban J connectivity index is 2.06. The van der Waals surface area contributed by atoms with Crippen molar-refractivity contribution in [2.75, 3.05) is 25.5 Å². The van der Waals surface area contributed by atoms with E-state index >= 15 is 0 Å². The fourth-order valence-electron chi connectivity index (χ4n) is 3.15. The second-order valence-electron chi connectivity index (χ2n) is 6.97. The van der Waals surface area contributed by atoms with E-state index in [0.29, 0.717) is 24.2 Å². The molecule has 7 heteroatoms. The van der Waals surface area contributed by atoms with Gasteiger partial charge in [-0.2, -0.15) is 0 Å². The molecule has 0 unspecified atom stereocenters. The SMILES string of the molecule is CCCNC(=O)c1cn(Cc2ncnc(N(C)C)c2C)c2cc(C)cnc12. The van der Waals surface area contributed by atoms with Crippen LogP contribution in [0.2, 0.25) is 0 Å². The number of anilines is 1. The largest absolute Gasteiger partial charge is 0.362 e. The van der Waals surface area contributed by atoms with Crippen LogP contribution in [0.5, 0.6) is 0 Å². The van der Waals surface area contributed by atoms with Gasteiger partial charge in [0.1, 0.15) is 17.7 Å². The van der Waals surface area contributed by atoms with E-state index in [-0.39, 0.29) is 5.91 Å². The van der Waals surface area contributed by atoms with Gasteiger partial charge in [0.2, 0.25) is 0 Å². The predicted molar refractivity (Wildman–Crippen MR) is 107 cm³/mol. The van der Waals surface area contributed by atoms with Gasteiger partial charge >= 0.3 is 0 Å². The summed E-state index contributed by atoms with van der Waals surface area (Å²) < 4.78 is 2.05. The van der Waals surface area contributed by atoms with Crippen LogP contribution in [0.25, 0.3) is 11.0 Å². The lowest BCUT2D eigenvalue weighted by Crippen LogP contribution is -2.23. The molecule has 0 radical (unpaired) electrons. The number of aryl methyl sites for hydroxylation is 1. The van der Waals surface area contributed by atoms with Crippen molar-refractivity contribution in [3.63, 3.8) is 0 Å². The Kier molecular flexibility index (Phi) is 5.39. The van der Waals surface area contributed by atoms with E-state index in [4.69, 9.17) is 0 Å². The number of nitrogens with zero attached hydrogens (tertiary/aromatic N) is 5. The average molecular weight is 366 g/mol. The highest BCUT2D eigenvalue weighted by molar-refractivity contribution is 6.05. The molecule has 0 aliphatic rings. The molecule has 0 fully saturated rings. The number of fused-ring (bicyclic) bond motifs is 1. The molecule has 0 spiro atoms. The standard InChI is InChI=1S/C20H26N6O/c1-6-7-21-20(27)15-10-26(17-8-13(2)9-22-18(15)17)11-16-14(3)19(25(4)5)24-12-23-16/h8-10,12H,6-7,11H2,1-5H3,(H,21,27). The summed E-state index contributed by atoms with van der Waals surface area (Å²) in [4.78, 5) is 27.9. The molecule has 3 heterocycles. The maximum atomic E-state index is 12.6. The first-order valence-electron chi connectivity index (χ1n) is 9.13. The third-order valence-electron chi connectivity index (χ3n) is 4.54. The zero-order chi connectivity index (χ0) is 19.6. The van der Waals surface area contributed by atoms with Gasteiger partial charge in [-0.25, -0.2) is 9.97 Å². The minimum absolute atomic E-state index is 0.0923. The van der Waals surface area contributed by atoms with Crippen LogP contribution in [0, 0.1) is 13.8 Å². The van der Waals surface area contributed by atoms with Gasteiger partial charge in [-0.15, -0.1) is 0 Å². The highest BCUT2D eigenvalue weighted by atomic mass is 16.1. The first kappa shape index (κ1) is 18.8. The Morgan fingerprint density at radius 2 is 2.00 bits per heavy atom. The maximum absolute atomic E-state index is 12.6. The minimum atomic E-state index is -0.0923. The molecule has 3 aromatic heterocycles. The summed E-state index contributed by atoms with van der Waals surface area (Å²) in [5.41, 5.74) is 5.25. The zero-order valence-corrected chi connectivity index (χ0v) is 16.6. The predicted octanol–water partition coefficient (Wildman–Crippen LogP) is 2.70. The molecule has 0 aliphatic heterocycles. The number of carbonyl (C=O) groups excluding carboxylic acids is 1. The van der Waals surface area contributed by atoms with Gasteiger partial charge < -0.3 is 14.8 Å². The Morgan fingerprint density at radius 1 is 1.22 bits per heavy atom. The van der Waals surface area contributed by atoms with Crippen molar-refractivity contribution in [1.82, 2.24) is 24.8 Å². The summed E-state index contributed by atoms with van der Waals surface area (Å²) in [5.74, 6) is 0.803. The molecule has 27 heavy (non-hydrogen) atoms. The molecule has 0 bridgehead atoms. The summed E-state index contributed by atoms with van der Waals surface area (Å²) in [6.45, 7) is 7.26. The van der Waals surface area contributed by atoms with Crippen molar-refractivity contribution in [2.45, 2.75) is 33.7 Å². The van der Waals surface area contributed by atoms with Crippen LogP contribution in [0.3, 0.4) is 0 Å². The summed E-state index contributed by atoms with van der Waals surface area (Å²) >= 11 is 0. The Bertz CT molecular complexity index is 976. The second kappa shape index (κ2) is 7.73. The van der Waals surface area contributed by atoms with Crippen LogP contribution >= 0.6 is 0 Å². The van der Waals surface area contributed by atoms with E-state index in [1.54, 1.807) is 12.5 Å². The minimum Gasteiger partial charge on any atom is -0.362 e. The first-order valence-corrected chi connectivity index (χ1v) is 9.13. The summed E-state index contributed by atoms with van der Waals surface area (Å²) in [6.07, 6.45) is 6.15. The Labute approximate surface area is 159 Å². The van der Waals surface area contributed by atoms with E-state index in [9.17, 15) is 4.79 Å². The van der Waals surface area contributed by atoms with E-state index < -0.39 is 0 Å². The molecular weight excluding hydrogens is 340 g/mol. The summed E-state index contributed by atoms with van der Waals surface area (Å²) in [6, 6.07) is 2.06. The van der Waals surface area contributed by atoms with Crippen molar-refractivity contribution < 1.29 is 4.79 Å². The van der Waals surface area contributed by atoms with Gasteiger partial charge in [-0.1, -0.05) is 6.92 Å². The van der Waals surface area contributed by atoms with E-state index in [2.05, 4.69) is 26.3 Å². The number of nitrogens with one attached hydrogen (secondary N) is 1. The van der Waals surface area contributed by atoms with Crippen LogP contribution in [0.4, 0.5) is 5.82 Å². The van der Waals surface area contributed by atoms with Gasteiger partial charge in [0.15, 0.2) is 0 Å². The lowest BCUT2D eigenvalue weighted by atomic mass is 10.2. The summed E-state index contributed by atoms with van der Waals surface area (Å²) in [7, 11) is 3.93. The fourth-order valence-corrected chi connectivity index (χ4v) is 3.15. The van der Waals surface area contributed by atoms with Crippen LogP contribution in [0.15, 0.2) is 24.8 Å². The van der Waals surface area contributed by atoms with Crippen LogP contribution in [0.1, 0.15) is 40.5 Å². The van der Waals surface area contributed by atoms with Crippen molar-refractivity contribution in [1.29, 1.82) is 0 Å². The molecule has 142 valence electrons. The number of aromatic nitrogens is 4. The molecule has 0 aromatic carbocycles. The molecule has 7 nitrogen and oxygen atoms in total. The van der Waals surface area contributed by atoms with Crippen molar-refractivity contribution in [3.8, 4) is 0 Å². The molecule has 1 amide bonds. The Morgan fingerprint density at radius 3 is 2.70 bits per heavy atom. The third kappa shape index (κ3) is 3.77. The lowest BCUT2D eigenvalue weighted by molar-refractivity contribution is 0.0955. The fraction of sp³-hybridized carbons (Fsp3) is 0.400. The molecule has 0 aliphatic carbocycles. The topological polar surface area (TPSA) is 75.9 Å². The van der Waals surface area contributed by atoms with Gasteiger partial charge in [-0.3, -0.25) is 9.78 Å². The quantitative estimate of drug-likeness (QED) is 0.726. The van der Waals surface area contributed by atoms with Gasteiger partial charge in [-0.05, 0) is 31.9 Å². The Hall–Kier alpha value is -2.96. The average Bonchev–Trinajstić information content (AvgIpc) is 2.99. The molecule has 0 saturated heterocycles. The number of rotatable bonds is 6. The second-order valence-corrected chi connectivity index (χ2v) is 6.97. The first-order chi connectivity index (χ1) is 12.9. The highest BCUT2D eigenvalue weighted by Crippen LogP contribution is 2.23. The number of carbonyl (C=O) groups is 1. The van der Waals surface area contributed by atoms with Gasteiger partial charge in [0.05, 0.1) is 23.3 Å². The van der Waals surface area contributed by atoms with Gasteiger partial charge in [0.25, 0.3) is 5.91 Å². The molecule has 0 saturated carbocycles. The van der Waals surface area contributed by atoms with Crippen molar-refractivity contribution in [3.05, 3.63) is 47.2 Å². The molecule has 0 atom stereocenters. The number of pyridine rings is 1. The van der Waals surface area contributed by atoms with Crippen molar-refractivity contribution >= 4 is 22.8 Å². The van der Waals surface area contributed by atoms with Gasteiger partial charge in [0, 0.05) is 38.6 Å². The van der Waals surface area contributed by atoms with Crippen LogP contribution < -0.4 is 10.2 Å². The van der Waals surface area contributed by atoms with E-state index in [1.807, 2.05) is 50.5 Å². The van der Waals surface area contributed by atoms with E-state index in [0.717, 1.165) is 34.6 Å². The van der Waals surface area contributed by atoms with Crippen LogP contribution in [-0.2, 0) is 6.54 Å². The normalized spacial score (nSPS) is 11.0. The summed E-state index contributed by atoms with van der Waals surface area (Å²) in [5, 5.41) is 2.94. The molecule has 3 aromatic rings. The molecule has 3 rings (SSSR count). The molecular formula is C20H26N6O. The lowest BCUT2D eigenvalue weighted by Gasteiger charge is -2.16. The number of amides is 1. The van der Waals surface area contributed by atoms with E-state index in [1.165, 1.54) is 0 Å². The van der Waals surface area contributed by atoms with Crippen LogP contribution in [-0.4, -0.2) is 46.1 Å². The van der Waals surface area contributed by atoms with Crippen molar-refractivity contribution in [2.24, 2.45) is 0 Å². The monoisotopic (exact) mass is 366 g/mol. The smallest absolute Gasteiger partial charge is 0.255 e.